The summed E-state index contributed by atoms with van der Waals surface area (Å²) in [6.07, 6.45) is 4.10. The molecule has 1 aromatic carbocycles. The second-order valence-electron chi connectivity index (χ2n) is 6.31. The summed E-state index contributed by atoms with van der Waals surface area (Å²) < 4.78 is 0. The molecule has 4 nitrogen and oxygen atoms in total. The number of benzene rings is 1. The number of hydrogen-bond donors (Lipinski definition) is 2. The maximum atomic E-state index is 12.5. The van der Waals surface area contributed by atoms with E-state index in [1.807, 2.05) is 0 Å². The van der Waals surface area contributed by atoms with Crippen molar-refractivity contribution in [2.45, 2.75) is 39.5 Å². The fourth-order valence-corrected chi connectivity index (χ4v) is 3.23. The molecule has 0 saturated heterocycles. The molecule has 1 unspecified atom stereocenters. The smallest absolute Gasteiger partial charge is 0.335 e. The molecular weight excluding hydrogens is 290 g/mol. The van der Waals surface area contributed by atoms with Gasteiger partial charge in [0.2, 0.25) is 5.91 Å². The average molecular weight is 310 g/mol. The number of carbonyl (C=O) groups excluding carboxylic acids is 1. The molecule has 0 heterocycles. The zero-order chi connectivity index (χ0) is 15.6. The van der Waals surface area contributed by atoms with Crippen LogP contribution >= 0.6 is 11.6 Å². The van der Waals surface area contributed by atoms with Gasteiger partial charge in [0, 0.05) is 16.6 Å². The average Bonchev–Trinajstić information content (AvgIpc) is 2.37. The van der Waals surface area contributed by atoms with Crippen LogP contribution in [0.2, 0.25) is 5.02 Å². The van der Waals surface area contributed by atoms with Gasteiger partial charge in [-0.2, -0.15) is 0 Å². The molecule has 21 heavy (non-hydrogen) atoms. The molecule has 1 amide bonds. The minimum Gasteiger partial charge on any atom is -0.478 e. The van der Waals surface area contributed by atoms with E-state index in [9.17, 15) is 9.59 Å². The van der Waals surface area contributed by atoms with E-state index in [2.05, 4.69) is 19.2 Å². The van der Waals surface area contributed by atoms with Gasteiger partial charge in [0.1, 0.15) is 0 Å². The largest absolute Gasteiger partial charge is 0.478 e. The van der Waals surface area contributed by atoms with Gasteiger partial charge in [-0.25, -0.2) is 4.79 Å². The predicted molar refractivity (Wildman–Crippen MR) is 82.8 cm³/mol. The Balaban J connectivity index is 2.17. The monoisotopic (exact) mass is 309 g/mol. The van der Waals surface area contributed by atoms with E-state index < -0.39 is 5.97 Å². The Labute approximate surface area is 129 Å². The fourth-order valence-electron chi connectivity index (χ4n) is 2.99. The molecule has 2 rings (SSSR count). The van der Waals surface area contributed by atoms with E-state index in [1.165, 1.54) is 12.1 Å². The van der Waals surface area contributed by atoms with Crippen molar-refractivity contribution < 1.29 is 14.7 Å². The number of halogens is 1. The van der Waals surface area contributed by atoms with Gasteiger partial charge in [-0.1, -0.05) is 38.3 Å². The first-order valence-electron chi connectivity index (χ1n) is 7.14. The standard InChI is InChI=1S/C16H20ClNO3/c1-16(2)6-4-3-5-13(16)14(19)18-12-8-10(15(20)21)7-11(17)9-12/h7-9,13H,3-6H2,1-2H3,(H,18,19)(H,20,21). The lowest BCUT2D eigenvalue weighted by Crippen LogP contribution is -2.37. The van der Waals surface area contributed by atoms with Gasteiger partial charge in [0.05, 0.1) is 5.56 Å². The summed E-state index contributed by atoms with van der Waals surface area (Å²) in [5, 5.41) is 12.1. The number of rotatable bonds is 3. The third kappa shape index (κ3) is 3.76. The highest BCUT2D eigenvalue weighted by Crippen LogP contribution is 2.41. The number of amides is 1. The third-order valence-electron chi connectivity index (χ3n) is 4.24. The third-order valence-corrected chi connectivity index (χ3v) is 4.45. The normalized spacial score (nSPS) is 20.8. The van der Waals surface area contributed by atoms with E-state index >= 15 is 0 Å². The Morgan fingerprint density at radius 2 is 2.00 bits per heavy atom. The van der Waals surface area contributed by atoms with E-state index in [0.29, 0.717) is 10.7 Å². The maximum absolute atomic E-state index is 12.5. The molecule has 1 atom stereocenters. The van der Waals surface area contributed by atoms with Gasteiger partial charge < -0.3 is 10.4 Å². The molecular formula is C16H20ClNO3. The minimum absolute atomic E-state index is 0.0312. The molecule has 1 saturated carbocycles. The van der Waals surface area contributed by atoms with Gasteiger partial charge in [-0.3, -0.25) is 4.79 Å². The Hall–Kier alpha value is -1.55. The lowest BCUT2D eigenvalue weighted by atomic mass is 9.68. The van der Waals surface area contributed by atoms with E-state index in [4.69, 9.17) is 16.7 Å². The van der Waals surface area contributed by atoms with Crippen molar-refractivity contribution in [3.63, 3.8) is 0 Å². The number of anilines is 1. The van der Waals surface area contributed by atoms with Crippen molar-refractivity contribution in [3.05, 3.63) is 28.8 Å². The SMILES string of the molecule is CC1(C)CCCCC1C(=O)Nc1cc(Cl)cc(C(=O)O)c1. The second kappa shape index (κ2) is 6.06. The van der Waals surface area contributed by atoms with E-state index in [-0.39, 0.29) is 22.8 Å². The van der Waals surface area contributed by atoms with Crippen molar-refractivity contribution in [3.8, 4) is 0 Å². The highest BCUT2D eigenvalue weighted by molar-refractivity contribution is 6.31. The molecule has 1 aliphatic carbocycles. The van der Waals surface area contributed by atoms with Crippen molar-refractivity contribution in [2.24, 2.45) is 11.3 Å². The van der Waals surface area contributed by atoms with Gasteiger partial charge in [0.25, 0.3) is 0 Å². The molecule has 0 aromatic heterocycles. The summed E-state index contributed by atoms with van der Waals surface area (Å²) in [5.41, 5.74) is 0.475. The first kappa shape index (κ1) is 15.8. The molecule has 5 heteroatoms. The van der Waals surface area contributed by atoms with Crippen LogP contribution in [0.25, 0.3) is 0 Å². The molecule has 0 radical (unpaired) electrons. The van der Waals surface area contributed by atoms with Crippen LogP contribution in [0.4, 0.5) is 5.69 Å². The van der Waals surface area contributed by atoms with Crippen LogP contribution in [0.15, 0.2) is 18.2 Å². The Kier molecular flexibility index (Phi) is 4.57. The van der Waals surface area contributed by atoms with Crippen LogP contribution < -0.4 is 5.32 Å². The Morgan fingerprint density at radius 1 is 1.29 bits per heavy atom. The maximum Gasteiger partial charge on any atom is 0.335 e. The molecule has 0 bridgehead atoms. The van der Waals surface area contributed by atoms with Gasteiger partial charge in [0.15, 0.2) is 0 Å². The zero-order valence-corrected chi connectivity index (χ0v) is 13.0. The number of nitrogens with one attached hydrogen (secondary N) is 1. The van der Waals surface area contributed by atoms with Crippen molar-refractivity contribution in [1.29, 1.82) is 0 Å². The first-order valence-corrected chi connectivity index (χ1v) is 7.52. The van der Waals surface area contributed by atoms with Crippen molar-refractivity contribution in [1.82, 2.24) is 0 Å². The molecule has 1 aliphatic rings. The summed E-state index contributed by atoms with van der Waals surface area (Å²) in [4.78, 5) is 23.5. The number of hydrogen-bond acceptors (Lipinski definition) is 2. The summed E-state index contributed by atoms with van der Waals surface area (Å²) in [6, 6.07) is 4.37. The molecule has 114 valence electrons. The van der Waals surface area contributed by atoms with Crippen molar-refractivity contribution >= 4 is 29.2 Å². The molecule has 1 aromatic rings. The highest BCUT2D eigenvalue weighted by atomic mass is 35.5. The van der Waals surface area contributed by atoms with E-state index in [1.54, 1.807) is 6.07 Å². The van der Waals surface area contributed by atoms with Crippen LogP contribution in [-0.2, 0) is 4.79 Å². The summed E-state index contributed by atoms with van der Waals surface area (Å²) >= 11 is 5.90. The first-order chi connectivity index (χ1) is 9.79. The van der Waals surface area contributed by atoms with E-state index in [0.717, 1.165) is 25.7 Å². The van der Waals surface area contributed by atoms with Crippen LogP contribution in [0, 0.1) is 11.3 Å². The van der Waals surface area contributed by atoms with Gasteiger partial charge in [-0.05, 0) is 36.5 Å². The number of carboxylic acids is 1. The van der Waals surface area contributed by atoms with Gasteiger partial charge in [-0.15, -0.1) is 0 Å². The molecule has 0 aliphatic heterocycles. The van der Waals surface area contributed by atoms with Crippen LogP contribution in [0.3, 0.4) is 0 Å². The van der Waals surface area contributed by atoms with Gasteiger partial charge >= 0.3 is 5.97 Å². The number of carbonyl (C=O) groups is 2. The topological polar surface area (TPSA) is 66.4 Å². The fraction of sp³-hybridized carbons (Fsp3) is 0.500. The summed E-state index contributed by atoms with van der Waals surface area (Å²) in [5.74, 6) is -1.18. The molecule has 1 fully saturated rings. The zero-order valence-electron chi connectivity index (χ0n) is 12.3. The molecule has 2 N–H and O–H groups in total. The lowest BCUT2D eigenvalue weighted by Gasteiger charge is -2.37. The number of carboxylic acid groups (broad SMARTS) is 1. The number of aromatic carboxylic acids is 1. The lowest BCUT2D eigenvalue weighted by molar-refractivity contribution is -0.124. The molecule has 0 spiro atoms. The minimum atomic E-state index is -1.06. The quantitative estimate of drug-likeness (QED) is 0.879. The predicted octanol–water partition coefficient (Wildman–Crippen LogP) is 4.19. The van der Waals surface area contributed by atoms with Crippen LogP contribution in [-0.4, -0.2) is 17.0 Å². The second-order valence-corrected chi connectivity index (χ2v) is 6.75. The van der Waals surface area contributed by atoms with Crippen LogP contribution in [0.1, 0.15) is 49.9 Å². The Bertz CT molecular complexity index is 569. The van der Waals surface area contributed by atoms with Crippen molar-refractivity contribution in [2.75, 3.05) is 5.32 Å². The summed E-state index contributed by atoms with van der Waals surface area (Å²) in [6.45, 7) is 4.22. The highest BCUT2D eigenvalue weighted by Gasteiger charge is 2.37. The van der Waals surface area contributed by atoms with Crippen LogP contribution in [0.5, 0.6) is 0 Å². The summed E-state index contributed by atoms with van der Waals surface area (Å²) in [7, 11) is 0. The Morgan fingerprint density at radius 3 is 2.62 bits per heavy atom.